The molecule has 6 rings (SSSR count). The van der Waals surface area contributed by atoms with Gasteiger partial charge in [0.15, 0.2) is 0 Å². The predicted molar refractivity (Wildman–Crippen MR) is 236 cm³/mol. The number of benzene rings is 3. The van der Waals surface area contributed by atoms with Crippen molar-refractivity contribution < 1.29 is 0 Å². The highest BCUT2D eigenvalue weighted by atomic mass is 32.2. The number of allylic oxidation sites excluding steroid dienone is 12. The van der Waals surface area contributed by atoms with Crippen LogP contribution in [0.2, 0.25) is 0 Å². The van der Waals surface area contributed by atoms with E-state index in [2.05, 4.69) is 158 Å². The van der Waals surface area contributed by atoms with Crippen molar-refractivity contribution in [2.45, 2.75) is 80.4 Å². The Hall–Kier alpha value is -4.29. The highest BCUT2D eigenvalue weighted by Crippen LogP contribution is 2.55. The van der Waals surface area contributed by atoms with E-state index in [0.29, 0.717) is 0 Å². The summed E-state index contributed by atoms with van der Waals surface area (Å²) in [6, 6.07) is 15.8. The lowest BCUT2D eigenvalue weighted by molar-refractivity contribution is 0.630. The maximum atomic E-state index is 7.93. The van der Waals surface area contributed by atoms with Gasteiger partial charge in [0.2, 0.25) is 0 Å². The predicted octanol–water partition coefficient (Wildman–Crippen LogP) is 14.2. The summed E-state index contributed by atoms with van der Waals surface area (Å²) in [7, 11) is 0. The maximum Gasteiger partial charge on any atom is 0.107 e. The van der Waals surface area contributed by atoms with Crippen LogP contribution >= 0.6 is 35.3 Å². The summed E-state index contributed by atoms with van der Waals surface area (Å²) in [4.78, 5) is 11.7. The van der Waals surface area contributed by atoms with Crippen molar-refractivity contribution in [3.05, 3.63) is 182 Å². The lowest BCUT2D eigenvalue weighted by Gasteiger charge is -2.32. The Morgan fingerprint density at radius 3 is 2.42 bits per heavy atom. The van der Waals surface area contributed by atoms with Gasteiger partial charge in [0.25, 0.3) is 0 Å². The van der Waals surface area contributed by atoms with Crippen LogP contribution in [0.4, 0.5) is 0 Å². The molecule has 1 heterocycles. The average Bonchev–Trinajstić information content (AvgIpc) is 3.37. The number of hydrogen-bond donors (Lipinski definition) is 1. The van der Waals surface area contributed by atoms with Crippen molar-refractivity contribution in [2.75, 3.05) is 0 Å². The van der Waals surface area contributed by atoms with Crippen LogP contribution in [-0.4, -0.2) is 12.1 Å². The third kappa shape index (κ3) is 7.45. The van der Waals surface area contributed by atoms with Crippen molar-refractivity contribution in [1.82, 2.24) is 0 Å². The Kier molecular flexibility index (Phi) is 11.3. The number of hydrogen-bond acceptors (Lipinski definition) is 4. The maximum absolute atomic E-state index is 7.93. The zero-order chi connectivity index (χ0) is 38.1. The van der Waals surface area contributed by atoms with Gasteiger partial charge in [-0.2, -0.15) is 0 Å². The van der Waals surface area contributed by atoms with Gasteiger partial charge >= 0.3 is 0 Å². The topological polar surface area (TPSA) is 36.2 Å². The molecule has 0 amide bonds. The average molecular weight is 749 g/mol. The van der Waals surface area contributed by atoms with Gasteiger partial charge in [0, 0.05) is 51.4 Å². The van der Waals surface area contributed by atoms with Gasteiger partial charge in [0.1, 0.15) is 6.34 Å². The van der Waals surface area contributed by atoms with Crippen LogP contribution in [0.3, 0.4) is 0 Å². The first-order chi connectivity index (χ1) is 25.3. The first kappa shape index (κ1) is 38.4. The molecule has 53 heavy (non-hydrogen) atoms. The fourth-order valence-electron chi connectivity index (χ4n) is 7.15. The molecule has 2 aliphatic carbocycles. The van der Waals surface area contributed by atoms with Crippen LogP contribution < -0.4 is 0 Å². The standard InChI is InChI=1S/C48H48N2S3/c1-11-12-20-41(30(2)3)52-45-31(4)22-25-38-44(45)35-24-23-34(28-39(35)48(38,9)10)40(50-29-49)19-16-21-42-33(6)51-43-27-26-37-36(46(43)53-42)18-15-13-14-17-32(5)47(37,7)8/h11-17,19-29,49H,1,5-6,18H2,2-4,7-10H3/b15-13-,17-14-,19-16+,20-12-,42-21-,49-29?,50-40?. The van der Waals surface area contributed by atoms with Gasteiger partial charge in [0.05, 0.1) is 5.71 Å². The summed E-state index contributed by atoms with van der Waals surface area (Å²) in [5, 5.41) is 7.93. The summed E-state index contributed by atoms with van der Waals surface area (Å²) >= 11 is 5.36. The molecule has 0 spiro atoms. The van der Waals surface area contributed by atoms with Crippen molar-refractivity contribution in [3.63, 3.8) is 0 Å². The summed E-state index contributed by atoms with van der Waals surface area (Å²) in [5.74, 6) is 0. The van der Waals surface area contributed by atoms with Crippen LogP contribution in [-0.2, 0) is 17.3 Å². The number of aliphatic imine (C=N–C) groups is 1. The van der Waals surface area contributed by atoms with Crippen LogP contribution in [0.5, 0.6) is 0 Å². The molecule has 1 aliphatic heterocycles. The van der Waals surface area contributed by atoms with Crippen molar-refractivity contribution >= 4 is 47.3 Å². The molecule has 268 valence electrons. The van der Waals surface area contributed by atoms with E-state index in [1.807, 2.05) is 30.0 Å². The highest BCUT2D eigenvalue weighted by Gasteiger charge is 2.38. The van der Waals surface area contributed by atoms with Crippen LogP contribution in [0, 0.1) is 12.3 Å². The van der Waals surface area contributed by atoms with Crippen molar-refractivity contribution in [3.8, 4) is 11.1 Å². The Balaban J connectivity index is 1.34. The molecular weight excluding hydrogens is 701 g/mol. The molecule has 5 heteroatoms. The molecule has 0 bridgehead atoms. The second kappa shape index (κ2) is 15.6. The highest BCUT2D eigenvalue weighted by molar-refractivity contribution is 8.11. The van der Waals surface area contributed by atoms with E-state index in [-0.39, 0.29) is 10.8 Å². The molecule has 1 N–H and O–H groups in total. The molecule has 0 radical (unpaired) electrons. The number of thioether (sulfide) groups is 3. The van der Waals surface area contributed by atoms with Crippen LogP contribution in [0.15, 0.2) is 169 Å². The normalized spacial score (nSPS) is 19.2. The molecule has 0 aromatic heterocycles. The molecule has 3 aromatic carbocycles. The van der Waals surface area contributed by atoms with Gasteiger partial charge in [-0.3, -0.25) is 5.41 Å². The minimum atomic E-state index is -0.198. The molecule has 0 saturated heterocycles. The smallest absolute Gasteiger partial charge is 0.107 e. The summed E-state index contributed by atoms with van der Waals surface area (Å²) in [6.07, 6.45) is 22.8. The third-order valence-corrected chi connectivity index (χ3v) is 14.4. The van der Waals surface area contributed by atoms with Gasteiger partial charge in [-0.05, 0) is 96.5 Å². The fourth-order valence-corrected chi connectivity index (χ4v) is 10.5. The number of rotatable bonds is 8. The van der Waals surface area contributed by atoms with E-state index in [1.54, 1.807) is 23.5 Å². The van der Waals surface area contributed by atoms with Gasteiger partial charge in [-0.15, -0.1) is 0 Å². The summed E-state index contributed by atoms with van der Waals surface area (Å²) in [5.41, 5.74) is 12.8. The largest absolute Gasteiger partial charge is 0.290 e. The summed E-state index contributed by atoms with van der Waals surface area (Å²) in [6.45, 7) is 28.4. The molecule has 2 nitrogen and oxygen atoms in total. The Bertz CT molecular complexity index is 2280. The van der Waals surface area contributed by atoms with Crippen molar-refractivity contribution in [1.29, 1.82) is 5.41 Å². The lowest BCUT2D eigenvalue weighted by Crippen LogP contribution is -2.21. The number of nitrogens with zero attached hydrogens (tertiary/aromatic N) is 1. The van der Waals surface area contributed by atoms with E-state index in [4.69, 9.17) is 5.41 Å². The number of nitrogens with one attached hydrogen (secondary N) is 1. The zero-order valence-electron chi connectivity index (χ0n) is 31.9. The minimum Gasteiger partial charge on any atom is -0.290 e. The van der Waals surface area contributed by atoms with E-state index < -0.39 is 0 Å². The number of fused-ring (bicyclic) bond motifs is 6. The molecule has 3 aliphatic rings. The summed E-state index contributed by atoms with van der Waals surface area (Å²) < 4.78 is 0. The molecule has 3 aromatic rings. The van der Waals surface area contributed by atoms with E-state index >= 15 is 0 Å². The van der Waals surface area contributed by atoms with Gasteiger partial charge in [-0.25, -0.2) is 4.99 Å². The molecule has 0 fully saturated rings. The quantitative estimate of drug-likeness (QED) is 0.108. The molecular formula is C48H48N2S3. The lowest BCUT2D eigenvalue weighted by atomic mass is 9.76. The van der Waals surface area contributed by atoms with E-state index in [0.717, 1.165) is 39.4 Å². The Morgan fingerprint density at radius 2 is 1.68 bits per heavy atom. The number of aryl methyl sites for hydroxylation is 1. The Morgan fingerprint density at radius 1 is 0.906 bits per heavy atom. The molecule has 0 atom stereocenters. The molecule has 0 saturated carbocycles. The Labute approximate surface area is 329 Å². The van der Waals surface area contributed by atoms with E-state index in [9.17, 15) is 0 Å². The minimum absolute atomic E-state index is 0.184. The van der Waals surface area contributed by atoms with Crippen LogP contribution in [0.25, 0.3) is 11.1 Å². The molecule has 0 unspecified atom stereocenters. The van der Waals surface area contributed by atoms with Gasteiger partial charge in [-0.1, -0.05) is 161 Å². The van der Waals surface area contributed by atoms with Gasteiger partial charge < -0.3 is 0 Å². The second-order valence-electron chi connectivity index (χ2n) is 14.8. The van der Waals surface area contributed by atoms with E-state index in [1.165, 1.54) is 64.1 Å². The second-order valence-corrected chi connectivity index (χ2v) is 18.0. The monoisotopic (exact) mass is 748 g/mol. The zero-order valence-corrected chi connectivity index (χ0v) is 34.3. The third-order valence-electron chi connectivity index (χ3n) is 10.4. The van der Waals surface area contributed by atoms with Crippen molar-refractivity contribution in [2.24, 2.45) is 4.99 Å². The van der Waals surface area contributed by atoms with Crippen LogP contribution in [0.1, 0.15) is 74.9 Å². The SMILES string of the molecule is C=C/C=C\C(Sc1c(C)ccc2c1-c1ccc(C(/C=C/C=C3\Sc4c(ccc5c4C/C=C\C=C/C(=C)C5(C)C)SC3=C)=NC=N)cc1C2(C)C)=C(C)C. The first-order valence-corrected chi connectivity index (χ1v) is 20.4. The first-order valence-electron chi connectivity index (χ1n) is 17.9. The fraction of sp³-hybridized carbons (Fsp3) is 0.208.